The van der Waals surface area contributed by atoms with Crippen molar-refractivity contribution in [1.82, 2.24) is 0 Å². The molecule has 0 bridgehead atoms. The van der Waals surface area contributed by atoms with Crippen molar-refractivity contribution >= 4 is 23.2 Å². The van der Waals surface area contributed by atoms with Gasteiger partial charge in [-0.1, -0.05) is 12.6 Å². The Labute approximate surface area is 143 Å². The van der Waals surface area contributed by atoms with Crippen LogP contribution in [-0.4, -0.2) is 24.0 Å². The van der Waals surface area contributed by atoms with Crippen LogP contribution in [0.5, 0.6) is 11.5 Å². The first-order chi connectivity index (χ1) is 11.9. The molecule has 2 aromatic rings. The minimum atomic E-state index is -0.628. The molecule has 0 aliphatic heterocycles. The Bertz CT molecular complexity index is 821. The Balaban J connectivity index is 2.08. The summed E-state index contributed by atoms with van der Waals surface area (Å²) in [6.07, 6.45) is 1.05. The molecule has 25 heavy (non-hydrogen) atoms. The number of ether oxygens (including phenoxy) is 1. The van der Waals surface area contributed by atoms with E-state index in [0.29, 0.717) is 11.3 Å². The molecule has 0 heterocycles. The van der Waals surface area contributed by atoms with Crippen LogP contribution >= 0.6 is 0 Å². The monoisotopic (exact) mass is 344 g/mol. The molecule has 130 valence electrons. The van der Waals surface area contributed by atoms with Crippen molar-refractivity contribution < 1.29 is 23.8 Å². The van der Waals surface area contributed by atoms with Gasteiger partial charge in [0.05, 0.1) is 19.2 Å². The van der Waals surface area contributed by atoms with E-state index in [1.165, 1.54) is 25.3 Å². The van der Waals surface area contributed by atoms with Gasteiger partial charge in [0.2, 0.25) is 11.8 Å². The summed E-state index contributed by atoms with van der Waals surface area (Å²) in [5.41, 5.74) is 0.903. The molecule has 0 spiro atoms. The summed E-state index contributed by atoms with van der Waals surface area (Å²) in [7, 11) is 1.41. The molecule has 0 aliphatic rings. The lowest BCUT2D eigenvalue weighted by Crippen LogP contribution is -2.15. The number of anilines is 2. The molecule has 7 heteroatoms. The summed E-state index contributed by atoms with van der Waals surface area (Å²) in [5.74, 6) is -1.29. The van der Waals surface area contributed by atoms with Crippen LogP contribution in [0.4, 0.5) is 15.8 Å². The predicted octanol–water partition coefficient (Wildman–Crippen LogP) is 2.85. The Morgan fingerprint density at radius 2 is 2.00 bits per heavy atom. The molecular weight excluding hydrogens is 327 g/mol. The Morgan fingerprint density at radius 1 is 1.24 bits per heavy atom. The third kappa shape index (κ3) is 4.81. The van der Waals surface area contributed by atoms with Crippen molar-refractivity contribution in [2.24, 2.45) is 0 Å². The van der Waals surface area contributed by atoms with Crippen molar-refractivity contribution in [2.75, 3.05) is 17.7 Å². The van der Waals surface area contributed by atoms with Gasteiger partial charge in [-0.2, -0.15) is 0 Å². The molecule has 3 N–H and O–H groups in total. The highest BCUT2D eigenvalue weighted by atomic mass is 19.1. The molecule has 0 fully saturated rings. The Morgan fingerprint density at radius 3 is 2.68 bits per heavy atom. The molecule has 0 saturated heterocycles. The maximum absolute atomic E-state index is 13.7. The van der Waals surface area contributed by atoms with Crippen LogP contribution in [-0.2, 0) is 16.0 Å². The van der Waals surface area contributed by atoms with Crippen LogP contribution in [0.2, 0.25) is 0 Å². The van der Waals surface area contributed by atoms with Gasteiger partial charge in [-0.05, 0) is 42.0 Å². The van der Waals surface area contributed by atoms with E-state index in [2.05, 4.69) is 17.2 Å². The molecule has 2 amide bonds. The summed E-state index contributed by atoms with van der Waals surface area (Å²) >= 11 is 0. The third-order valence-electron chi connectivity index (χ3n) is 3.30. The molecular formula is C18H17FN2O4. The van der Waals surface area contributed by atoms with Crippen LogP contribution in [0.15, 0.2) is 49.1 Å². The fourth-order valence-corrected chi connectivity index (χ4v) is 2.11. The van der Waals surface area contributed by atoms with E-state index >= 15 is 0 Å². The molecule has 6 nitrogen and oxygen atoms in total. The minimum absolute atomic E-state index is 0.0206. The van der Waals surface area contributed by atoms with Crippen LogP contribution in [0.25, 0.3) is 0 Å². The highest BCUT2D eigenvalue weighted by molar-refractivity contribution is 6.00. The van der Waals surface area contributed by atoms with E-state index < -0.39 is 11.7 Å². The maximum Gasteiger partial charge on any atom is 0.247 e. The molecule has 0 aromatic heterocycles. The molecule has 0 saturated carbocycles. The largest absolute Gasteiger partial charge is 0.504 e. The average molecular weight is 344 g/mol. The number of nitrogens with one attached hydrogen (secondary N) is 2. The summed E-state index contributed by atoms with van der Waals surface area (Å²) in [6.45, 7) is 3.29. The van der Waals surface area contributed by atoms with E-state index in [-0.39, 0.29) is 29.5 Å². The lowest BCUT2D eigenvalue weighted by molar-refractivity contribution is -0.115. The molecule has 0 unspecified atom stereocenters. The number of methoxy groups -OCH3 is 1. The number of aromatic hydroxyl groups is 1. The zero-order chi connectivity index (χ0) is 18.4. The highest BCUT2D eigenvalue weighted by Crippen LogP contribution is 2.26. The van der Waals surface area contributed by atoms with Gasteiger partial charge in [0.15, 0.2) is 11.5 Å². The van der Waals surface area contributed by atoms with Crippen LogP contribution < -0.4 is 15.4 Å². The number of benzene rings is 2. The Hall–Kier alpha value is -3.35. The first kappa shape index (κ1) is 18.0. The zero-order valence-corrected chi connectivity index (χ0v) is 13.5. The number of rotatable bonds is 6. The number of amides is 2. The van der Waals surface area contributed by atoms with Gasteiger partial charge in [-0.25, -0.2) is 4.39 Å². The second-order valence-electron chi connectivity index (χ2n) is 5.12. The number of hydrogen-bond acceptors (Lipinski definition) is 4. The highest BCUT2D eigenvalue weighted by Gasteiger charge is 2.10. The Kier molecular flexibility index (Phi) is 5.73. The van der Waals surface area contributed by atoms with Gasteiger partial charge in [0, 0.05) is 5.69 Å². The standard InChI is InChI=1S/C18H17FN2O4/c1-3-17(23)21-14-10-12(5-6-13(14)19)20-18(24)9-11-4-7-15(22)16(8-11)25-2/h3-8,10,22H,1,9H2,2H3,(H,20,24)(H,21,23). The molecule has 2 rings (SSSR count). The van der Waals surface area contributed by atoms with Gasteiger partial charge in [0.1, 0.15) is 5.82 Å². The average Bonchev–Trinajstić information content (AvgIpc) is 2.59. The van der Waals surface area contributed by atoms with Gasteiger partial charge in [-0.3, -0.25) is 9.59 Å². The van der Waals surface area contributed by atoms with E-state index in [1.54, 1.807) is 12.1 Å². The number of hydrogen-bond donors (Lipinski definition) is 3. The number of carbonyl (C=O) groups is 2. The third-order valence-corrected chi connectivity index (χ3v) is 3.30. The number of halogens is 1. The van der Waals surface area contributed by atoms with E-state index in [9.17, 15) is 19.1 Å². The van der Waals surface area contributed by atoms with Crippen LogP contribution in [0, 0.1) is 5.82 Å². The van der Waals surface area contributed by atoms with Gasteiger partial charge >= 0.3 is 0 Å². The normalized spacial score (nSPS) is 10.0. The first-order valence-electron chi connectivity index (χ1n) is 7.31. The van der Waals surface area contributed by atoms with E-state index in [4.69, 9.17) is 4.74 Å². The smallest absolute Gasteiger partial charge is 0.247 e. The number of phenolic OH excluding ortho intramolecular Hbond substituents is 1. The van der Waals surface area contributed by atoms with Crippen molar-refractivity contribution in [3.05, 3.63) is 60.4 Å². The fourth-order valence-electron chi connectivity index (χ4n) is 2.11. The molecule has 0 radical (unpaired) electrons. The second kappa shape index (κ2) is 7.96. The molecule has 0 aliphatic carbocycles. The molecule has 0 atom stereocenters. The van der Waals surface area contributed by atoms with Crippen molar-refractivity contribution in [1.29, 1.82) is 0 Å². The molecule has 2 aromatic carbocycles. The fraction of sp³-hybridized carbons (Fsp3) is 0.111. The van der Waals surface area contributed by atoms with E-state index in [1.807, 2.05) is 0 Å². The van der Waals surface area contributed by atoms with E-state index in [0.717, 1.165) is 12.1 Å². The van der Waals surface area contributed by atoms with Crippen molar-refractivity contribution in [2.45, 2.75) is 6.42 Å². The second-order valence-corrected chi connectivity index (χ2v) is 5.12. The maximum atomic E-state index is 13.7. The summed E-state index contributed by atoms with van der Waals surface area (Å²) < 4.78 is 18.7. The summed E-state index contributed by atoms with van der Waals surface area (Å²) in [5, 5.41) is 14.5. The SMILES string of the molecule is C=CC(=O)Nc1cc(NC(=O)Cc2ccc(O)c(OC)c2)ccc1F. The van der Waals surface area contributed by atoms with Crippen molar-refractivity contribution in [3.8, 4) is 11.5 Å². The number of carbonyl (C=O) groups excluding carboxylic acids is 2. The van der Waals surface area contributed by atoms with Gasteiger partial charge in [-0.15, -0.1) is 0 Å². The zero-order valence-electron chi connectivity index (χ0n) is 13.5. The summed E-state index contributed by atoms with van der Waals surface area (Å²) in [4.78, 5) is 23.4. The predicted molar refractivity (Wildman–Crippen MR) is 92.2 cm³/mol. The minimum Gasteiger partial charge on any atom is -0.504 e. The lowest BCUT2D eigenvalue weighted by Gasteiger charge is -2.10. The van der Waals surface area contributed by atoms with Gasteiger partial charge < -0.3 is 20.5 Å². The topological polar surface area (TPSA) is 87.7 Å². The summed E-state index contributed by atoms with van der Waals surface area (Å²) in [6, 6.07) is 8.41. The van der Waals surface area contributed by atoms with Crippen LogP contribution in [0.1, 0.15) is 5.56 Å². The van der Waals surface area contributed by atoms with Crippen molar-refractivity contribution in [3.63, 3.8) is 0 Å². The van der Waals surface area contributed by atoms with Crippen LogP contribution in [0.3, 0.4) is 0 Å². The lowest BCUT2D eigenvalue weighted by atomic mass is 10.1. The quantitative estimate of drug-likeness (QED) is 0.703. The first-order valence-corrected chi connectivity index (χ1v) is 7.31. The van der Waals surface area contributed by atoms with Gasteiger partial charge in [0.25, 0.3) is 0 Å². The number of phenols is 1.